The Bertz CT molecular complexity index is 266. The van der Waals surface area contributed by atoms with Gasteiger partial charge in [-0.05, 0) is 0 Å². The number of aromatic nitrogens is 2. The third-order valence-electron chi connectivity index (χ3n) is 1.30. The van der Waals surface area contributed by atoms with Crippen molar-refractivity contribution in [3.05, 3.63) is 5.89 Å². The Morgan fingerprint density at radius 3 is 2.08 bits per heavy atom. The molecule has 66 valence electrons. The second-order valence-electron chi connectivity index (χ2n) is 3.57. The molecule has 1 heterocycles. The minimum Gasteiger partial charge on any atom is -0.427 e. The summed E-state index contributed by atoms with van der Waals surface area (Å²) in [4.78, 5) is 0. The second-order valence-corrected chi connectivity index (χ2v) is 3.57. The quantitative estimate of drug-likeness (QED) is 0.531. The van der Waals surface area contributed by atoms with E-state index in [2.05, 4.69) is 10.2 Å². The molecule has 0 unspecified atom stereocenters. The maximum Gasteiger partial charge on any atom is 0.551 e. The minimum atomic E-state index is -1.69. The van der Waals surface area contributed by atoms with Gasteiger partial charge in [-0.3, -0.25) is 0 Å². The first-order chi connectivity index (χ1) is 5.41. The summed E-state index contributed by atoms with van der Waals surface area (Å²) in [5, 5.41) is 24.5. The van der Waals surface area contributed by atoms with Crippen molar-refractivity contribution in [2.24, 2.45) is 0 Å². The summed E-state index contributed by atoms with van der Waals surface area (Å²) >= 11 is 0. The van der Waals surface area contributed by atoms with E-state index in [-0.39, 0.29) is 11.2 Å². The van der Waals surface area contributed by atoms with Gasteiger partial charge >= 0.3 is 7.12 Å². The van der Waals surface area contributed by atoms with Gasteiger partial charge in [0, 0.05) is 5.41 Å². The average Bonchev–Trinajstić information content (AvgIpc) is 2.30. The van der Waals surface area contributed by atoms with Crippen molar-refractivity contribution in [3.63, 3.8) is 0 Å². The minimum absolute atomic E-state index is 0.167. The third kappa shape index (κ3) is 1.83. The van der Waals surface area contributed by atoms with Crippen LogP contribution in [0.5, 0.6) is 0 Å². The van der Waals surface area contributed by atoms with Gasteiger partial charge in [-0.15, -0.1) is 10.2 Å². The maximum absolute atomic E-state index is 8.66. The van der Waals surface area contributed by atoms with E-state index in [1.165, 1.54) is 0 Å². The summed E-state index contributed by atoms with van der Waals surface area (Å²) in [7, 11) is -1.69. The van der Waals surface area contributed by atoms with Crippen LogP contribution in [0.2, 0.25) is 0 Å². The van der Waals surface area contributed by atoms with Gasteiger partial charge in [0.2, 0.25) is 11.7 Å². The smallest absolute Gasteiger partial charge is 0.427 e. The van der Waals surface area contributed by atoms with Crippen molar-refractivity contribution in [1.29, 1.82) is 0 Å². The highest BCUT2D eigenvalue weighted by Gasteiger charge is 2.25. The summed E-state index contributed by atoms with van der Waals surface area (Å²) in [6, 6.07) is 0. The molecule has 0 saturated heterocycles. The van der Waals surface area contributed by atoms with Crippen molar-refractivity contribution in [3.8, 4) is 0 Å². The summed E-state index contributed by atoms with van der Waals surface area (Å²) < 4.78 is 4.99. The van der Waals surface area contributed by atoms with Gasteiger partial charge in [0.1, 0.15) is 0 Å². The van der Waals surface area contributed by atoms with Gasteiger partial charge in [-0.1, -0.05) is 20.8 Å². The largest absolute Gasteiger partial charge is 0.551 e. The van der Waals surface area contributed by atoms with Gasteiger partial charge in [0.25, 0.3) is 0 Å². The Morgan fingerprint density at radius 1 is 1.25 bits per heavy atom. The van der Waals surface area contributed by atoms with Crippen LogP contribution in [0.15, 0.2) is 4.42 Å². The Labute approximate surface area is 70.6 Å². The Kier molecular flexibility index (Phi) is 2.21. The Balaban J connectivity index is 2.92. The zero-order valence-electron chi connectivity index (χ0n) is 7.27. The number of rotatable bonds is 1. The fourth-order valence-corrected chi connectivity index (χ4v) is 0.642. The molecule has 6 heteroatoms. The molecule has 2 N–H and O–H groups in total. The maximum atomic E-state index is 8.66. The highest BCUT2D eigenvalue weighted by Crippen LogP contribution is 2.17. The van der Waals surface area contributed by atoms with Crippen molar-refractivity contribution in [2.75, 3.05) is 0 Å². The summed E-state index contributed by atoms with van der Waals surface area (Å²) in [5.41, 5.74) is -0.264. The third-order valence-corrected chi connectivity index (χ3v) is 1.30. The first kappa shape index (κ1) is 9.21. The van der Waals surface area contributed by atoms with E-state index < -0.39 is 7.12 Å². The fraction of sp³-hybridized carbons (Fsp3) is 0.667. The molecule has 0 bridgehead atoms. The lowest BCUT2D eigenvalue weighted by Gasteiger charge is -2.10. The van der Waals surface area contributed by atoms with Gasteiger partial charge in [0.05, 0.1) is 0 Å². The number of hydrogen-bond donors (Lipinski definition) is 2. The summed E-state index contributed by atoms with van der Waals surface area (Å²) in [6.07, 6.45) is 0. The molecule has 0 spiro atoms. The lowest BCUT2D eigenvalue weighted by atomic mass is 9.92. The molecule has 1 aromatic heterocycles. The summed E-state index contributed by atoms with van der Waals surface area (Å²) in [5.74, 6) is 0.227. The molecule has 0 aliphatic carbocycles. The number of hydrogen-bond acceptors (Lipinski definition) is 5. The van der Waals surface area contributed by atoms with E-state index in [1.807, 2.05) is 20.8 Å². The van der Waals surface area contributed by atoms with Crippen LogP contribution in [0.1, 0.15) is 26.7 Å². The van der Waals surface area contributed by atoms with Crippen molar-refractivity contribution < 1.29 is 14.5 Å². The summed E-state index contributed by atoms with van der Waals surface area (Å²) in [6.45, 7) is 5.69. The topological polar surface area (TPSA) is 79.4 Å². The Morgan fingerprint density at radius 2 is 1.83 bits per heavy atom. The SMILES string of the molecule is CC(C)(C)c1nnc(B(O)O)o1. The normalized spacial score (nSPS) is 11.8. The molecular weight excluding hydrogens is 159 g/mol. The predicted octanol–water partition coefficient (Wildman–Crippen LogP) is -0.953. The molecule has 0 radical (unpaired) electrons. The van der Waals surface area contributed by atoms with E-state index in [4.69, 9.17) is 14.5 Å². The first-order valence-electron chi connectivity index (χ1n) is 3.61. The highest BCUT2D eigenvalue weighted by atomic mass is 16.4. The zero-order valence-corrected chi connectivity index (χ0v) is 7.27. The van der Waals surface area contributed by atoms with E-state index in [0.29, 0.717) is 5.89 Å². The molecule has 5 nitrogen and oxygen atoms in total. The van der Waals surface area contributed by atoms with Crippen molar-refractivity contribution >= 4 is 12.9 Å². The first-order valence-corrected chi connectivity index (χ1v) is 3.61. The van der Waals surface area contributed by atoms with Crippen LogP contribution in [0, 0.1) is 0 Å². The van der Waals surface area contributed by atoms with E-state index in [9.17, 15) is 0 Å². The molecule has 0 aromatic carbocycles. The molecule has 12 heavy (non-hydrogen) atoms. The van der Waals surface area contributed by atoms with Gasteiger partial charge < -0.3 is 14.5 Å². The number of nitrogens with zero attached hydrogens (tertiary/aromatic N) is 2. The van der Waals surface area contributed by atoms with Gasteiger partial charge in [-0.25, -0.2) is 0 Å². The predicted molar refractivity (Wildman–Crippen MR) is 42.8 cm³/mol. The molecular formula is C6H11BN2O3. The van der Waals surface area contributed by atoms with Crippen LogP contribution in [0.4, 0.5) is 0 Å². The average molecular weight is 170 g/mol. The van der Waals surface area contributed by atoms with Crippen molar-refractivity contribution in [1.82, 2.24) is 10.2 Å². The van der Waals surface area contributed by atoms with Crippen LogP contribution in [0.3, 0.4) is 0 Å². The zero-order chi connectivity index (χ0) is 9.35. The highest BCUT2D eigenvalue weighted by molar-refractivity contribution is 6.55. The van der Waals surface area contributed by atoms with E-state index in [1.54, 1.807) is 0 Å². The molecule has 0 atom stereocenters. The monoisotopic (exact) mass is 170 g/mol. The van der Waals surface area contributed by atoms with Crippen LogP contribution in [-0.4, -0.2) is 27.4 Å². The van der Waals surface area contributed by atoms with Gasteiger partial charge in [-0.2, -0.15) is 0 Å². The van der Waals surface area contributed by atoms with E-state index in [0.717, 1.165) is 0 Å². The molecule has 0 aliphatic rings. The molecule has 0 saturated carbocycles. The molecule has 0 fully saturated rings. The molecule has 0 aliphatic heterocycles. The molecule has 0 amide bonds. The Hall–Kier alpha value is -0.875. The van der Waals surface area contributed by atoms with Crippen LogP contribution < -0.4 is 5.79 Å². The standard InChI is InChI=1S/C6H11BN2O3/c1-6(2,3)4-8-9-5(12-4)7(10)11/h10-11H,1-3H3. The van der Waals surface area contributed by atoms with Crippen LogP contribution in [0.25, 0.3) is 0 Å². The van der Waals surface area contributed by atoms with Crippen LogP contribution >= 0.6 is 0 Å². The van der Waals surface area contributed by atoms with Gasteiger partial charge in [0.15, 0.2) is 0 Å². The lowest BCUT2D eigenvalue weighted by Crippen LogP contribution is -2.30. The second kappa shape index (κ2) is 2.87. The van der Waals surface area contributed by atoms with Crippen molar-refractivity contribution in [2.45, 2.75) is 26.2 Å². The van der Waals surface area contributed by atoms with E-state index >= 15 is 0 Å². The molecule has 1 rings (SSSR count). The molecule has 1 aromatic rings. The fourth-order valence-electron chi connectivity index (χ4n) is 0.642. The van der Waals surface area contributed by atoms with Crippen LogP contribution in [-0.2, 0) is 5.41 Å². The lowest BCUT2D eigenvalue weighted by molar-refractivity contribution is 0.376.